The van der Waals surface area contributed by atoms with E-state index in [1.165, 1.54) is 7.11 Å². The zero-order chi connectivity index (χ0) is 15.1. The Hall–Kier alpha value is -1.27. The van der Waals surface area contributed by atoms with Crippen LogP contribution in [0.3, 0.4) is 0 Å². The second kappa shape index (κ2) is 8.11. The van der Waals surface area contributed by atoms with Crippen molar-refractivity contribution in [2.45, 2.75) is 13.0 Å². The molecule has 6 heteroatoms. The minimum absolute atomic E-state index is 0.211. The monoisotopic (exact) mass is 345 g/mol. The van der Waals surface area contributed by atoms with E-state index in [9.17, 15) is 4.79 Å². The summed E-state index contributed by atoms with van der Waals surface area (Å²) in [6.45, 7) is 1.28. The number of rotatable bonds is 7. The minimum atomic E-state index is -0.211. The fourth-order valence-electron chi connectivity index (χ4n) is 1.80. The second-order valence-electron chi connectivity index (χ2n) is 4.36. The molecule has 1 rings (SSSR count). The highest BCUT2D eigenvalue weighted by Crippen LogP contribution is 2.33. The molecular weight excluding hydrogens is 326 g/mol. The van der Waals surface area contributed by atoms with Crippen LogP contribution < -0.4 is 9.47 Å². The van der Waals surface area contributed by atoms with Gasteiger partial charge in [0.15, 0.2) is 0 Å². The Morgan fingerprint density at radius 3 is 2.40 bits per heavy atom. The highest BCUT2D eigenvalue weighted by molar-refractivity contribution is 9.10. The molecule has 1 aromatic carbocycles. The molecule has 0 aliphatic rings. The molecule has 0 amide bonds. The second-order valence-corrected chi connectivity index (χ2v) is 5.22. The predicted octanol–water partition coefficient (Wildman–Crippen LogP) is 2.46. The number of nitrogens with zero attached hydrogens (tertiary/aromatic N) is 1. The standard InChI is InChI=1S/C14H20BrNO4/c1-16(6-5-14(17)20-4)9-10-7-13(19-3)11(15)8-12(10)18-2/h7-8H,5-6,9H2,1-4H3. The average Bonchev–Trinajstić information content (AvgIpc) is 2.45. The van der Waals surface area contributed by atoms with Crippen LogP contribution in [0.5, 0.6) is 11.5 Å². The van der Waals surface area contributed by atoms with Crippen molar-refractivity contribution in [1.82, 2.24) is 4.90 Å². The Morgan fingerprint density at radius 2 is 1.85 bits per heavy atom. The van der Waals surface area contributed by atoms with E-state index < -0.39 is 0 Å². The maximum Gasteiger partial charge on any atom is 0.306 e. The number of methoxy groups -OCH3 is 3. The first-order valence-corrected chi connectivity index (χ1v) is 6.96. The van der Waals surface area contributed by atoms with Crippen molar-refractivity contribution in [3.05, 3.63) is 22.2 Å². The molecule has 5 nitrogen and oxygen atoms in total. The van der Waals surface area contributed by atoms with Crippen LogP contribution in [0.15, 0.2) is 16.6 Å². The Morgan fingerprint density at radius 1 is 1.20 bits per heavy atom. The van der Waals surface area contributed by atoms with E-state index >= 15 is 0 Å². The lowest BCUT2D eigenvalue weighted by atomic mass is 10.1. The lowest BCUT2D eigenvalue weighted by Crippen LogP contribution is -2.22. The van der Waals surface area contributed by atoms with Crippen LogP contribution in [0.25, 0.3) is 0 Å². The van der Waals surface area contributed by atoms with Crippen molar-refractivity contribution in [3.8, 4) is 11.5 Å². The average molecular weight is 346 g/mol. The van der Waals surface area contributed by atoms with Gasteiger partial charge in [0.1, 0.15) is 11.5 Å². The fourth-order valence-corrected chi connectivity index (χ4v) is 2.29. The van der Waals surface area contributed by atoms with E-state index in [4.69, 9.17) is 9.47 Å². The quantitative estimate of drug-likeness (QED) is 0.710. The van der Waals surface area contributed by atoms with Gasteiger partial charge in [-0.15, -0.1) is 0 Å². The van der Waals surface area contributed by atoms with E-state index in [1.54, 1.807) is 14.2 Å². The zero-order valence-electron chi connectivity index (χ0n) is 12.2. The Labute approximate surface area is 127 Å². The smallest absolute Gasteiger partial charge is 0.306 e. The lowest BCUT2D eigenvalue weighted by molar-refractivity contribution is -0.140. The molecule has 0 saturated heterocycles. The number of carbonyl (C=O) groups excluding carboxylic acids is 1. The predicted molar refractivity (Wildman–Crippen MR) is 80.2 cm³/mol. The summed E-state index contributed by atoms with van der Waals surface area (Å²) in [5.74, 6) is 1.32. The summed E-state index contributed by atoms with van der Waals surface area (Å²) >= 11 is 3.43. The molecule has 0 atom stereocenters. The number of ether oxygens (including phenoxy) is 3. The molecule has 1 aromatic rings. The Kier molecular flexibility index (Phi) is 6.81. The van der Waals surface area contributed by atoms with E-state index in [0.717, 1.165) is 21.5 Å². The zero-order valence-corrected chi connectivity index (χ0v) is 13.8. The van der Waals surface area contributed by atoms with Gasteiger partial charge < -0.3 is 19.1 Å². The normalized spacial score (nSPS) is 10.5. The lowest BCUT2D eigenvalue weighted by Gasteiger charge is -2.19. The molecule has 20 heavy (non-hydrogen) atoms. The summed E-state index contributed by atoms with van der Waals surface area (Å²) < 4.78 is 16.1. The van der Waals surface area contributed by atoms with E-state index in [-0.39, 0.29) is 5.97 Å². The van der Waals surface area contributed by atoms with Gasteiger partial charge in [0.05, 0.1) is 32.2 Å². The van der Waals surface area contributed by atoms with Crippen LogP contribution in [-0.4, -0.2) is 45.8 Å². The SMILES string of the molecule is COC(=O)CCN(C)Cc1cc(OC)c(Br)cc1OC. The first kappa shape index (κ1) is 16.8. The number of halogens is 1. The van der Waals surface area contributed by atoms with Gasteiger partial charge in [-0.3, -0.25) is 4.79 Å². The van der Waals surface area contributed by atoms with Crippen LogP contribution in [0.4, 0.5) is 0 Å². The largest absolute Gasteiger partial charge is 0.496 e. The summed E-state index contributed by atoms with van der Waals surface area (Å²) in [5.41, 5.74) is 1.000. The topological polar surface area (TPSA) is 48.0 Å². The third-order valence-electron chi connectivity index (χ3n) is 2.92. The van der Waals surface area contributed by atoms with Crippen LogP contribution in [-0.2, 0) is 16.1 Å². The van der Waals surface area contributed by atoms with Gasteiger partial charge in [-0.2, -0.15) is 0 Å². The van der Waals surface area contributed by atoms with Crippen molar-refractivity contribution in [2.75, 3.05) is 34.9 Å². The molecule has 0 radical (unpaired) electrons. The highest BCUT2D eigenvalue weighted by atomic mass is 79.9. The van der Waals surface area contributed by atoms with Crippen molar-refractivity contribution in [2.24, 2.45) is 0 Å². The van der Waals surface area contributed by atoms with E-state index in [2.05, 4.69) is 20.7 Å². The van der Waals surface area contributed by atoms with Gasteiger partial charge in [-0.05, 0) is 35.1 Å². The molecule has 0 saturated carbocycles. The molecule has 0 unspecified atom stereocenters. The number of hydrogen-bond acceptors (Lipinski definition) is 5. The molecule has 0 aliphatic carbocycles. The molecule has 0 bridgehead atoms. The van der Waals surface area contributed by atoms with Gasteiger partial charge in [0, 0.05) is 18.7 Å². The Balaban J connectivity index is 2.77. The summed E-state index contributed by atoms with van der Waals surface area (Å²) in [5, 5.41) is 0. The van der Waals surface area contributed by atoms with Crippen LogP contribution >= 0.6 is 15.9 Å². The molecule has 112 valence electrons. The molecule has 0 spiro atoms. The number of benzene rings is 1. The van der Waals surface area contributed by atoms with E-state index in [1.807, 2.05) is 24.1 Å². The molecule has 0 aromatic heterocycles. The van der Waals surface area contributed by atoms with Crippen molar-refractivity contribution < 1.29 is 19.0 Å². The molecular formula is C14H20BrNO4. The highest BCUT2D eigenvalue weighted by Gasteiger charge is 2.12. The first-order valence-electron chi connectivity index (χ1n) is 6.17. The number of esters is 1. The molecule has 0 aliphatic heterocycles. The van der Waals surface area contributed by atoms with Crippen molar-refractivity contribution in [1.29, 1.82) is 0 Å². The van der Waals surface area contributed by atoms with Crippen LogP contribution in [0, 0.1) is 0 Å². The Bertz CT molecular complexity index is 465. The molecule has 0 fully saturated rings. The fraction of sp³-hybridized carbons (Fsp3) is 0.500. The summed E-state index contributed by atoms with van der Waals surface area (Å²) in [7, 11) is 6.59. The summed E-state index contributed by atoms with van der Waals surface area (Å²) in [4.78, 5) is 13.2. The first-order chi connectivity index (χ1) is 9.51. The van der Waals surface area contributed by atoms with Gasteiger partial charge in [0.2, 0.25) is 0 Å². The van der Waals surface area contributed by atoms with E-state index in [0.29, 0.717) is 19.5 Å². The van der Waals surface area contributed by atoms with Crippen molar-refractivity contribution >= 4 is 21.9 Å². The summed E-state index contributed by atoms with van der Waals surface area (Å²) in [6, 6.07) is 3.81. The minimum Gasteiger partial charge on any atom is -0.496 e. The summed E-state index contributed by atoms with van der Waals surface area (Å²) in [6.07, 6.45) is 0.364. The number of hydrogen-bond donors (Lipinski definition) is 0. The van der Waals surface area contributed by atoms with Gasteiger partial charge in [0.25, 0.3) is 0 Å². The van der Waals surface area contributed by atoms with Gasteiger partial charge >= 0.3 is 5.97 Å². The maximum atomic E-state index is 11.1. The number of carbonyl (C=O) groups is 1. The van der Waals surface area contributed by atoms with Gasteiger partial charge in [-0.1, -0.05) is 0 Å². The molecule has 0 N–H and O–H groups in total. The van der Waals surface area contributed by atoms with Crippen LogP contribution in [0.1, 0.15) is 12.0 Å². The third-order valence-corrected chi connectivity index (χ3v) is 3.54. The maximum absolute atomic E-state index is 11.1. The molecule has 0 heterocycles. The van der Waals surface area contributed by atoms with Gasteiger partial charge in [-0.25, -0.2) is 0 Å². The van der Waals surface area contributed by atoms with Crippen LogP contribution in [0.2, 0.25) is 0 Å². The van der Waals surface area contributed by atoms with Crippen molar-refractivity contribution in [3.63, 3.8) is 0 Å². The third kappa shape index (κ3) is 4.68.